The summed E-state index contributed by atoms with van der Waals surface area (Å²) in [6.45, 7) is 1.94. The van der Waals surface area contributed by atoms with Crippen LogP contribution in [0.15, 0.2) is 42.5 Å². The lowest BCUT2D eigenvalue weighted by molar-refractivity contribution is -0.355. The van der Waals surface area contributed by atoms with Gasteiger partial charge in [0.1, 0.15) is 5.56 Å². The minimum absolute atomic E-state index is 0.107. The molecule has 2 aromatic rings. The number of carbonyl (C=O) groups excluding carboxylic acids is 1. The number of nitrogens with zero attached hydrogens (tertiary/aromatic N) is 2. The van der Waals surface area contributed by atoms with E-state index in [1.54, 1.807) is 18.2 Å². The molecule has 1 heterocycles. The standard InChI is InChI=1S/C16H10N2O2/c1-10-2-5-12(6-3-10)15-16(19)13-7-4-11(9-17)8-14(13)18(15)20/h2-8H,1H3. The average molecular weight is 262 g/mol. The van der Waals surface area contributed by atoms with Crippen molar-refractivity contribution in [2.24, 2.45) is 0 Å². The Labute approximate surface area is 115 Å². The number of carbonyl (C=O) groups is 1. The van der Waals surface area contributed by atoms with Crippen molar-refractivity contribution in [2.75, 3.05) is 0 Å². The Hall–Kier alpha value is -2.93. The van der Waals surface area contributed by atoms with E-state index in [-0.39, 0.29) is 17.2 Å². The van der Waals surface area contributed by atoms with Crippen LogP contribution in [0, 0.1) is 23.5 Å². The number of benzene rings is 2. The van der Waals surface area contributed by atoms with Crippen LogP contribution in [0.3, 0.4) is 0 Å². The van der Waals surface area contributed by atoms with Gasteiger partial charge in [-0.15, -0.1) is 0 Å². The van der Waals surface area contributed by atoms with E-state index in [0.717, 1.165) is 5.56 Å². The van der Waals surface area contributed by atoms with Crippen molar-refractivity contribution in [1.82, 2.24) is 0 Å². The van der Waals surface area contributed by atoms with E-state index in [0.29, 0.717) is 21.4 Å². The van der Waals surface area contributed by atoms with E-state index in [2.05, 4.69) is 0 Å². The molecule has 0 radical (unpaired) electrons. The zero-order valence-corrected chi connectivity index (χ0v) is 10.8. The van der Waals surface area contributed by atoms with E-state index in [1.807, 2.05) is 25.1 Å². The first kappa shape index (κ1) is 12.1. The molecule has 2 aromatic carbocycles. The maximum atomic E-state index is 12.3. The predicted octanol–water partition coefficient (Wildman–Crippen LogP) is 2.69. The number of rotatable bonds is 1. The Morgan fingerprint density at radius 1 is 1.15 bits per heavy atom. The number of aryl methyl sites for hydroxylation is 1. The molecule has 4 heteroatoms. The van der Waals surface area contributed by atoms with Gasteiger partial charge in [0.15, 0.2) is 0 Å². The summed E-state index contributed by atoms with van der Waals surface area (Å²) < 4.78 is 0.614. The van der Waals surface area contributed by atoms with Crippen LogP contribution in [0.4, 0.5) is 5.69 Å². The lowest BCUT2D eigenvalue weighted by Crippen LogP contribution is -2.16. The first-order valence-corrected chi connectivity index (χ1v) is 6.12. The Balaban J connectivity index is 2.18. The Bertz CT molecular complexity index is 796. The zero-order valence-electron chi connectivity index (χ0n) is 10.8. The van der Waals surface area contributed by atoms with Crippen molar-refractivity contribution in [3.8, 4) is 6.07 Å². The van der Waals surface area contributed by atoms with Crippen LogP contribution in [-0.2, 0) is 0 Å². The molecule has 20 heavy (non-hydrogen) atoms. The van der Waals surface area contributed by atoms with Gasteiger partial charge < -0.3 is 5.21 Å². The van der Waals surface area contributed by atoms with Crippen LogP contribution in [0.1, 0.15) is 27.0 Å². The highest BCUT2D eigenvalue weighted by Crippen LogP contribution is 2.29. The molecule has 0 aromatic heterocycles. The highest BCUT2D eigenvalue weighted by molar-refractivity contribution is 6.52. The van der Waals surface area contributed by atoms with Crippen molar-refractivity contribution in [3.05, 3.63) is 69.9 Å². The maximum absolute atomic E-state index is 12.3. The van der Waals surface area contributed by atoms with Crippen LogP contribution in [0.2, 0.25) is 0 Å². The van der Waals surface area contributed by atoms with Crippen LogP contribution in [0.5, 0.6) is 0 Å². The van der Waals surface area contributed by atoms with Crippen molar-refractivity contribution in [3.63, 3.8) is 0 Å². The minimum Gasteiger partial charge on any atom is -0.618 e. The van der Waals surface area contributed by atoms with E-state index >= 15 is 0 Å². The highest BCUT2D eigenvalue weighted by atomic mass is 16.5. The maximum Gasteiger partial charge on any atom is 0.272 e. The molecule has 96 valence electrons. The molecule has 0 saturated heterocycles. The number of ketones is 1. The van der Waals surface area contributed by atoms with Crippen molar-refractivity contribution >= 4 is 17.2 Å². The molecular formula is C16H10N2O2. The number of hydrogen-bond acceptors (Lipinski definition) is 3. The lowest BCUT2D eigenvalue weighted by atomic mass is 10.0. The third kappa shape index (κ3) is 1.69. The normalized spacial score (nSPS) is 13.3. The van der Waals surface area contributed by atoms with Crippen molar-refractivity contribution in [1.29, 1.82) is 5.26 Å². The number of hydrogen-bond donors (Lipinski definition) is 0. The molecule has 0 unspecified atom stereocenters. The van der Waals surface area contributed by atoms with Crippen LogP contribution < -0.4 is 0 Å². The molecule has 0 N–H and O–H groups in total. The zero-order chi connectivity index (χ0) is 14.3. The third-order valence-electron chi connectivity index (χ3n) is 3.33. The molecule has 1 aliphatic rings. The molecule has 1 aliphatic heterocycles. The number of Topliss-reactive ketones (excluding diaryl/α,β-unsaturated/α-hetero) is 1. The smallest absolute Gasteiger partial charge is 0.272 e. The fraction of sp³-hybridized carbons (Fsp3) is 0.0625. The highest BCUT2D eigenvalue weighted by Gasteiger charge is 2.36. The second kappa shape index (κ2) is 4.32. The molecule has 0 bridgehead atoms. The summed E-state index contributed by atoms with van der Waals surface area (Å²) in [6.07, 6.45) is 0. The van der Waals surface area contributed by atoms with Gasteiger partial charge in [-0.2, -0.15) is 10.0 Å². The molecule has 0 saturated carbocycles. The fourth-order valence-electron chi connectivity index (χ4n) is 2.26. The second-order valence-corrected chi connectivity index (χ2v) is 4.68. The lowest BCUT2D eigenvalue weighted by Gasteiger charge is -2.02. The van der Waals surface area contributed by atoms with Gasteiger partial charge in [-0.05, 0) is 31.2 Å². The van der Waals surface area contributed by atoms with Crippen molar-refractivity contribution < 1.29 is 9.53 Å². The number of fused-ring (bicyclic) bond motifs is 1. The quantitative estimate of drug-likeness (QED) is 0.586. The van der Waals surface area contributed by atoms with Gasteiger partial charge in [0.05, 0.1) is 17.2 Å². The summed E-state index contributed by atoms with van der Waals surface area (Å²) in [5.74, 6) is -0.302. The van der Waals surface area contributed by atoms with Gasteiger partial charge >= 0.3 is 0 Å². The monoisotopic (exact) mass is 262 g/mol. The summed E-state index contributed by atoms with van der Waals surface area (Å²) in [7, 11) is 0. The molecule has 0 fully saturated rings. The van der Waals surface area contributed by atoms with Gasteiger partial charge in [-0.1, -0.05) is 17.7 Å². The van der Waals surface area contributed by atoms with Crippen LogP contribution in [-0.4, -0.2) is 16.2 Å². The van der Waals surface area contributed by atoms with Gasteiger partial charge in [-0.3, -0.25) is 4.79 Å². The molecule has 0 amide bonds. The first-order valence-electron chi connectivity index (χ1n) is 6.12. The Kier molecular flexibility index (Phi) is 2.62. The number of nitriles is 1. The van der Waals surface area contributed by atoms with E-state index in [4.69, 9.17) is 5.26 Å². The largest absolute Gasteiger partial charge is 0.618 e. The first-order chi connectivity index (χ1) is 9.61. The summed E-state index contributed by atoms with van der Waals surface area (Å²) in [5.41, 5.74) is 2.70. The second-order valence-electron chi connectivity index (χ2n) is 4.68. The topological polar surface area (TPSA) is 66.9 Å². The van der Waals surface area contributed by atoms with E-state index in [9.17, 15) is 10.0 Å². The third-order valence-corrected chi connectivity index (χ3v) is 3.33. The molecule has 4 nitrogen and oxygen atoms in total. The molecule has 3 rings (SSSR count). The molecule has 0 spiro atoms. The fourth-order valence-corrected chi connectivity index (χ4v) is 2.26. The SMILES string of the molecule is Cc1ccc(C2=[N+]([O-])c3cc(C#N)ccc3C2=O)cc1. The Morgan fingerprint density at radius 3 is 2.50 bits per heavy atom. The van der Waals surface area contributed by atoms with Crippen LogP contribution >= 0.6 is 0 Å². The van der Waals surface area contributed by atoms with Crippen molar-refractivity contribution in [2.45, 2.75) is 6.92 Å². The van der Waals surface area contributed by atoms with Gasteiger partial charge in [0.25, 0.3) is 11.5 Å². The summed E-state index contributed by atoms with van der Waals surface area (Å²) in [4.78, 5) is 12.3. The van der Waals surface area contributed by atoms with Gasteiger partial charge in [-0.25, -0.2) is 0 Å². The summed E-state index contributed by atoms with van der Waals surface area (Å²) in [5, 5.41) is 21.2. The van der Waals surface area contributed by atoms with Crippen LogP contribution in [0.25, 0.3) is 0 Å². The van der Waals surface area contributed by atoms with Gasteiger partial charge in [0.2, 0.25) is 5.69 Å². The molecule has 0 aliphatic carbocycles. The Morgan fingerprint density at radius 2 is 1.85 bits per heavy atom. The molecular weight excluding hydrogens is 252 g/mol. The predicted molar refractivity (Wildman–Crippen MR) is 74.1 cm³/mol. The van der Waals surface area contributed by atoms with E-state index in [1.165, 1.54) is 12.1 Å². The molecule has 0 atom stereocenters. The average Bonchev–Trinajstić information content (AvgIpc) is 2.72. The van der Waals surface area contributed by atoms with E-state index < -0.39 is 0 Å². The minimum atomic E-state index is -0.302. The summed E-state index contributed by atoms with van der Waals surface area (Å²) >= 11 is 0. The van der Waals surface area contributed by atoms with Gasteiger partial charge in [0, 0.05) is 6.07 Å². The summed E-state index contributed by atoms with van der Waals surface area (Å²) in [6, 6.07) is 13.7.